The van der Waals surface area contributed by atoms with Gasteiger partial charge in [0, 0.05) is 22.5 Å². The first kappa shape index (κ1) is 42.1. The molecule has 14 rings (SSSR count). The summed E-state index contributed by atoms with van der Waals surface area (Å²) in [7, 11) is 0. The first-order valence-corrected chi connectivity index (χ1v) is 25.3. The second-order valence-corrected chi connectivity index (χ2v) is 20.3. The van der Waals surface area contributed by atoms with Crippen LogP contribution in [0.4, 0.5) is 17.1 Å². The first-order chi connectivity index (χ1) is 35.5. The first-order valence-electron chi connectivity index (χ1n) is 25.3. The summed E-state index contributed by atoms with van der Waals surface area (Å²) >= 11 is 0. The van der Waals surface area contributed by atoms with Crippen LogP contribution in [0.3, 0.4) is 0 Å². The highest BCUT2D eigenvalue weighted by molar-refractivity contribution is 5.95. The smallest absolute Gasteiger partial charge is 0.0725 e. The highest BCUT2D eigenvalue weighted by Gasteiger charge is 2.54. The molecule has 0 radical (unpaired) electrons. The number of para-hydroxylation sites is 1. The molecule has 0 aromatic heterocycles. The molecule has 0 aliphatic heterocycles. The number of fused-ring (bicyclic) bond motifs is 12. The summed E-state index contributed by atoms with van der Waals surface area (Å²) in [6.07, 6.45) is 0. The van der Waals surface area contributed by atoms with E-state index in [-0.39, 0.29) is 5.41 Å². The molecule has 0 heterocycles. The maximum atomic E-state index is 2.42. The van der Waals surface area contributed by atoms with E-state index in [0.29, 0.717) is 0 Å². The van der Waals surface area contributed by atoms with Gasteiger partial charge >= 0.3 is 0 Å². The molecule has 0 unspecified atom stereocenters. The van der Waals surface area contributed by atoms with Gasteiger partial charge in [-0.25, -0.2) is 0 Å². The van der Waals surface area contributed by atoms with Crippen LogP contribution < -0.4 is 4.90 Å². The number of rotatable bonds is 7. The van der Waals surface area contributed by atoms with Gasteiger partial charge in [-0.05, 0) is 143 Å². The Bertz CT molecular complexity index is 3780. The van der Waals surface area contributed by atoms with Gasteiger partial charge in [0.2, 0.25) is 0 Å². The molecule has 0 N–H and O–H groups in total. The van der Waals surface area contributed by atoms with Crippen LogP contribution in [-0.2, 0) is 16.2 Å². The average molecular weight is 918 g/mol. The second-order valence-electron chi connectivity index (χ2n) is 20.3. The van der Waals surface area contributed by atoms with E-state index in [0.717, 1.165) is 17.1 Å². The zero-order valence-electron chi connectivity index (χ0n) is 40.4. The summed E-state index contributed by atoms with van der Waals surface area (Å²) in [6, 6.07) is 102. The van der Waals surface area contributed by atoms with Gasteiger partial charge in [0.15, 0.2) is 0 Å². The highest BCUT2D eigenvalue weighted by Crippen LogP contribution is 2.64. The molecule has 3 aliphatic carbocycles. The minimum Gasteiger partial charge on any atom is -0.311 e. The number of hydrogen-bond acceptors (Lipinski definition) is 1. The van der Waals surface area contributed by atoms with Crippen molar-refractivity contribution in [3.63, 3.8) is 0 Å². The van der Waals surface area contributed by atoms with E-state index >= 15 is 0 Å². The second kappa shape index (κ2) is 16.1. The third kappa shape index (κ3) is 5.89. The Balaban J connectivity index is 0.865. The fraction of sp³-hybridized carbons (Fsp3) is 0.0704. The van der Waals surface area contributed by atoms with Crippen molar-refractivity contribution in [2.45, 2.75) is 30.1 Å². The van der Waals surface area contributed by atoms with E-state index in [9.17, 15) is 0 Å². The predicted octanol–water partition coefficient (Wildman–Crippen LogP) is 17.9. The molecule has 0 amide bonds. The van der Waals surface area contributed by atoms with Crippen LogP contribution in [0.2, 0.25) is 0 Å². The van der Waals surface area contributed by atoms with Crippen LogP contribution in [0, 0.1) is 0 Å². The van der Waals surface area contributed by atoms with E-state index in [1.165, 1.54) is 100 Å². The Hall–Kier alpha value is -8.78. The van der Waals surface area contributed by atoms with Gasteiger partial charge in [-0.1, -0.05) is 244 Å². The fourth-order valence-electron chi connectivity index (χ4n) is 13.4. The lowest BCUT2D eigenvalue weighted by Gasteiger charge is -2.47. The lowest BCUT2D eigenvalue weighted by Crippen LogP contribution is -2.40. The average Bonchev–Trinajstić information content (AvgIpc) is 3.92. The van der Waals surface area contributed by atoms with E-state index in [1.54, 1.807) is 0 Å². The van der Waals surface area contributed by atoms with Crippen molar-refractivity contribution in [3.8, 4) is 44.5 Å². The van der Waals surface area contributed by atoms with Crippen LogP contribution in [0.25, 0.3) is 44.5 Å². The molecule has 3 aliphatic rings. The minimum absolute atomic E-state index is 0.155. The maximum Gasteiger partial charge on any atom is 0.0725 e. The van der Waals surface area contributed by atoms with Gasteiger partial charge < -0.3 is 4.90 Å². The third-order valence-corrected chi connectivity index (χ3v) is 16.4. The molecular formula is C71H51N. The van der Waals surface area contributed by atoms with Crippen molar-refractivity contribution < 1.29 is 0 Å². The van der Waals surface area contributed by atoms with Crippen molar-refractivity contribution in [2.75, 3.05) is 4.90 Å². The largest absolute Gasteiger partial charge is 0.311 e. The van der Waals surface area contributed by atoms with Gasteiger partial charge in [0.25, 0.3) is 0 Å². The summed E-state index contributed by atoms with van der Waals surface area (Å²) in [5.74, 6) is 0. The Labute approximate surface area is 423 Å². The molecule has 0 atom stereocenters. The zero-order chi connectivity index (χ0) is 48.0. The quantitative estimate of drug-likeness (QED) is 0.154. The fourth-order valence-corrected chi connectivity index (χ4v) is 13.4. The van der Waals surface area contributed by atoms with Gasteiger partial charge in [-0.3, -0.25) is 0 Å². The molecule has 72 heavy (non-hydrogen) atoms. The third-order valence-electron chi connectivity index (χ3n) is 16.4. The van der Waals surface area contributed by atoms with Gasteiger partial charge in [0.05, 0.1) is 10.8 Å². The lowest BCUT2D eigenvalue weighted by atomic mass is 9.55. The number of anilines is 3. The lowest BCUT2D eigenvalue weighted by molar-refractivity contribution is 0.563. The SMILES string of the molecule is CC1(C)c2ccccc2C2(c3ccccc3-c3cccc(-c4ccc(N(c5ccccc5)c5ccc(-c6ccc7c(c6)-c6ccccc6C7(c6ccccc6)c6ccccc6)cc5)cc4)c32)c2ccccc21. The van der Waals surface area contributed by atoms with E-state index < -0.39 is 10.8 Å². The van der Waals surface area contributed by atoms with Crippen molar-refractivity contribution in [1.29, 1.82) is 0 Å². The van der Waals surface area contributed by atoms with E-state index in [1.807, 2.05) is 0 Å². The molecule has 1 heteroatoms. The van der Waals surface area contributed by atoms with Crippen LogP contribution in [0.1, 0.15) is 69.5 Å². The van der Waals surface area contributed by atoms with Gasteiger partial charge in [-0.15, -0.1) is 0 Å². The van der Waals surface area contributed by atoms with Crippen LogP contribution >= 0.6 is 0 Å². The van der Waals surface area contributed by atoms with Gasteiger partial charge in [-0.2, -0.15) is 0 Å². The molecule has 340 valence electrons. The zero-order valence-corrected chi connectivity index (χ0v) is 40.4. The van der Waals surface area contributed by atoms with Crippen LogP contribution in [0.5, 0.6) is 0 Å². The Morgan fingerprint density at radius 2 is 0.639 bits per heavy atom. The normalized spacial score (nSPS) is 14.6. The molecule has 0 saturated heterocycles. The molecule has 11 aromatic rings. The number of benzene rings is 11. The monoisotopic (exact) mass is 917 g/mol. The van der Waals surface area contributed by atoms with E-state index in [4.69, 9.17) is 0 Å². The maximum absolute atomic E-state index is 2.42. The van der Waals surface area contributed by atoms with Crippen LogP contribution in [-0.4, -0.2) is 0 Å². The number of hydrogen-bond donors (Lipinski definition) is 0. The molecule has 0 fully saturated rings. The Kier molecular flexibility index (Phi) is 9.44. The minimum atomic E-state index is -0.475. The van der Waals surface area contributed by atoms with Crippen LogP contribution in [0.15, 0.2) is 273 Å². The van der Waals surface area contributed by atoms with Crippen molar-refractivity contribution in [3.05, 3.63) is 329 Å². The summed E-state index contributed by atoms with van der Waals surface area (Å²) in [6.45, 7) is 4.79. The topological polar surface area (TPSA) is 3.24 Å². The summed E-state index contributed by atoms with van der Waals surface area (Å²) in [5, 5.41) is 0. The van der Waals surface area contributed by atoms with E-state index in [2.05, 4.69) is 292 Å². The van der Waals surface area contributed by atoms with Crippen molar-refractivity contribution >= 4 is 17.1 Å². The predicted molar refractivity (Wildman–Crippen MR) is 299 cm³/mol. The van der Waals surface area contributed by atoms with Crippen molar-refractivity contribution in [1.82, 2.24) is 0 Å². The molecular weight excluding hydrogens is 867 g/mol. The van der Waals surface area contributed by atoms with Gasteiger partial charge in [0.1, 0.15) is 0 Å². The Morgan fingerprint density at radius 3 is 1.21 bits per heavy atom. The molecule has 0 saturated carbocycles. The summed E-state index contributed by atoms with van der Waals surface area (Å²) in [5.41, 5.74) is 25.7. The summed E-state index contributed by atoms with van der Waals surface area (Å²) in [4.78, 5) is 2.38. The number of nitrogens with zero attached hydrogens (tertiary/aromatic N) is 1. The van der Waals surface area contributed by atoms with Crippen molar-refractivity contribution in [2.24, 2.45) is 0 Å². The molecule has 1 spiro atoms. The molecule has 11 aromatic carbocycles. The highest BCUT2D eigenvalue weighted by atomic mass is 15.1. The molecule has 0 bridgehead atoms. The summed E-state index contributed by atoms with van der Waals surface area (Å²) < 4.78 is 0. The standard InChI is InChI=1S/C71H51N/c1-69(2)64-33-16-18-35-66(64)71(67-36-19-17-34-65(67)69)62-32-15-12-27-57(62)59-30-20-29-56(68(59)71)49-39-44-55(45-40-49)72(53-25-10-5-11-26-53)54-42-37-48(38-43-54)50-41-46-63-60(47-50)58-28-13-14-31-61(58)70(63,51-21-6-3-7-22-51)52-23-8-4-9-24-52/h3-47H,1-2H3. The molecule has 1 nitrogen and oxygen atoms in total. The Morgan fingerprint density at radius 1 is 0.250 bits per heavy atom.